The van der Waals surface area contributed by atoms with Gasteiger partial charge in [-0.25, -0.2) is 4.39 Å². The van der Waals surface area contributed by atoms with Crippen LogP contribution in [0.15, 0.2) is 77.3 Å². The van der Waals surface area contributed by atoms with Crippen molar-refractivity contribution >= 4 is 23.0 Å². The third kappa shape index (κ3) is 4.28. The minimum Gasteiger partial charge on any atom is -0.390 e. The Morgan fingerprint density at radius 1 is 1.14 bits per heavy atom. The molecule has 0 bridgehead atoms. The second kappa shape index (κ2) is 8.35. The summed E-state index contributed by atoms with van der Waals surface area (Å²) in [6, 6.07) is 19.9. The van der Waals surface area contributed by atoms with Gasteiger partial charge in [0, 0.05) is 18.5 Å². The molecule has 142 valence electrons. The quantitative estimate of drug-likeness (QED) is 0.607. The number of carbonyl (C=O) groups is 1. The summed E-state index contributed by atoms with van der Waals surface area (Å²) in [6.07, 6.45) is 0.276. The zero-order valence-corrected chi connectivity index (χ0v) is 15.9. The average Bonchev–Trinajstić information content (AvgIpc) is 3.40. The zero-order valence-electron chi connectivity index (χ0n) is 15.1. The van der Waals surface area contributed by atoms with Crippen LogP contribution in [0.3, 0.4) is 0 Å². The average molecular weight is 394 g/mol. The van der Waals surface area contributed by atoms with E-state index in [-0.39, 0.29) is 17.8 Å². The number of hydrogen-bond donors (Lipinski definition) is 0. The number of benzene rings is 2. The molecular formula is C22H19FN2O2S. The van der Waals surface area contributed by atoms with Crippen molar-refractivity contribution in [3.8, 4) is 0 Å². The third-order valence-corrected chi connectivity index (χ3v) is 5.41. The van der Waals surface area contributed by atoms with E-state index in [0.717, 1.165) is 5.56 Å². The van der Waals surface area contributed by atoms with E-state index in [1.165, 1.54) is 23.5 Å². The van der Waals surface area contributed by atoms with Gasteiger partial charge >= 0.3 is 0 Å². The molecule has 0 spiro atoms. The Bertz CT molecular complexity index is 973. The van der Waals surface area contributed by atoms with E-state index in [0.29, 0.717) is 35.7 Å². The van der Waals surface area contributed by atoms with Gasteiger partial charge in [0.2, 0.25) is 0 Å². The Hall–Kier alpha value is -2.99. The van der Waals surface area contributed by atoms with Gasteiger partial charge in [-0.3, -0.25) is 4.79 Å². The van der Waals surface area contributed by atoms with Crippen LogP contribution in [0.25, 0.3) is 0 Å². The number of halogens is 1. The molecule has 0 saturated heterocycles. The van der Waals surface area contributed by atoms with Crippen LogP contribution in [0, 0.1) is 5.82 Å². The number of hydrogen-bond acceptors (Lipinski definition) is 4. The lowest BCUT2D eigenvalue weighted by molar-refractivity contribution is 0.0408. The number of rotatable bonds is 6. The number of carbonyl (C=O) groups excluding carboxylic acids is 1. The van der Waals surface area contributed by atoms with Gasteiger partial charge in [0.15, 0.2) is 6.10 Å². The summed E-state index contributed by atoms with van der Waals surface area (Å²) in [6.45, 7) is 0.903. The van der Waals surface area contributed by atoms with Crippen molar-refractivity contribution in [2.75, 3.05) is 6.54 Å². The molecule has 4 rings (SSSR count). The summed E-state index contributed by atoms with van der Waals surface area (Å²) in [5, 5.41) is 6.02. The van der Waals surface area contributed by atoms with E-state index < -0.39 is 0 Å². The second-order valence-electron chi connectivity index (χ2n) is 6.63. The van der Waals surface area contributed by atoms with Crippen molar-refractivity contribution in [1.29, 1.82) is 0 Å². The van der Waals surface area contributed by atoms with Crippen LogP contribution in [0.4, 0.5) is 4.39 Å². The fourth-order valence-electron chi connectivity index (χ4n) is 3.19. The summed E-state index contributed by atoms with van der Waals surface area (Å²) in [5.74, 6) is -0.330. The Morgan fingerprint density at radius 2 is 2.00 bits per heavy atom. The van der Waals surface area contributed by atoms with Gasteiger partial charge in [0.1, 0.15) is 5.82 Å². The van der Waals surface area contributed by atoms with Crippen molar-refractivity contribution in [1.82, 2.24) is 4.90 Å². The molecule has 2 heterocycles. The molecule has 1 amide bonds. The van der Waals surface area contributed by atoms with E-state index in [4.69, 9.17) is 4.84 Å². The zero-order chi connectivity index (χ0) is 19.3. The smallest absolute Gasteiger partial charge is 0.264 e. The molecule has 3 aromatic rings. The fraction of sp³-hybridized carbons (Fsp3) is 0.182. The summed E-state index contributed by atoms with van der Waals surface area (Å²) < 4.78 is 13.5. The van der Waals surface area contributed by atoms with Crippen molar-refractivity contribution in [2.45, 2.75) is 19.1 Å². The van der Waals surface area contributed by atoms with Crippen LogP contribution in [0.2, 0.25) is 0 Å². The minimum absolute atomic E-state index is 0.0262. The Labute approximate surface area is 166 Å². The first kappa shape index (κ1) is 18.4. The number of oxime groups is 1. The van der Waals surface area contributed by atoms with Gasteiger partial charge < -0.3 is 9.74 Å². The SMILES string of the molecule is O=C(c1cccs1)N(Cc1ccccc1)C[C@@H]1CC(c2cccc(F)c2)=NO1. The maximum Gasteiger partial charge on any atom is 0.264 e. The van der Waals surface area contributed by atoms with Crippen LogP contribution >= 0.6 is 11.3 Å². The van der Waals surface area contributed by atoms with E-state index in [2.05, 4.69) is 5.16 Å². The lowest BCUT2D eigenvalue weighted by Crippen LogP contribution is -2.37. The van der Waals surface area contributed by atoms with E-state index in [1.54, 1.807) is 11.0 Å². The molecular weight excluding hydrogens is 375 g/mol. The molecule has 28 heavy (non-hydrogen) atoms. The standard InChI is InChI=1S/C22H19FN2O2S/c23-18-9-4-8-17(12-18)20-13-19(27-24-20)15-25(14-16-6-2-1-3-7-16)22(26)21-10-5-11-28-21/h1-12,19H,13-15H2/t19-/m0/s1. The maximum atomic E-state index is 13.5. The van der Waals surface area contributed by atoms with Gasteiger partial charge in [-0.05, 0) is 29.1 Å². The number of amides is 1. The molecule has 1 atom stereocenters. The summed E-state index contributed by atoms with van der Waals surface area (Å²) in [7, 11) is 0. The summed E-state index contributed by atoms with van der Waals surface area (Å²) >= 11 is 1.42. The van der Waals surface area contributed by atoms with E-state index >= 15 is 0 Å². The van der Waals surface area contributed by atoms with E-state index in [1.807, 2.05) is 53.9 Å². The molecule has 4 nitrogen and oxygen atoms in total. The predicted molar refractivity (Wildman–Crippen MR) is 108 cm³/mol. The maximum absolute atomic E-state index is 13.5. The Morgan fingerprint density at radius 3 is 2.75 bits per heavy atom. The molecule has 0 saturated carbocycles. The normalized spacial score (nSPS) is 15.8. The first-order valence-electron chi connectivity index (χ1n) is 9.04. The van der Waals surface area contributed by atoms with Crippen LogP contribution in [0.5, 0.6) is 0 Å². The summed E-state index contributed by atoms with van der Waals surface area (Å²) in [5.41, 5.74) is 2.46. The van der Waals surface area contributed by atoms with Crippen LogP contribution in [0.1, 0.15) is 27.2 Å². The second-order valence-corrected chi connectivity index (χ2v) is 7.58. The predicted octanol–water partition coefficient (Wildman–Crippen LogP) is 4.72. The van der Waals surface area contributed by atoms with Gasteiger partial charge in [-0.15, -0.1) is 11.3 Å². The van der Waals surface area contributed by atoms with Crippen molar-refractivity contribution in [2.24, 2.45) is 5.16 Å². The van der Waals surface area contributed by atoms with Crippen molar-refractivity contribution < 1.29 is 14.0 Å². The molecule has 2 aromatic carbocycles. The van der Waals surface area contributed by atoms with Crippen LogP contribution in [-0.4, -0.2) is 29.2 Å². The Kier molecular flexibility index (Phi) is 5.48. The van der Waals surface area contributed by atoms with Crippen LogP contribution < -0.4 is 0 Å². The van der Waals surface area contributed by atoms with Crippen molar-refractivity contribution in [3.63, 3.8) is 0 Å². The lowest BCUT2D eigenvalue weighted by Gasteiger charge is -2.24. The molecule has 1 aliphatic rings. The topological polar surface area (TPSA) is 41.9 Å². The van der Waals surface area contributed by atoms with Gasteiger partial charge in [0.25, 0.3) is 5.91 Å². The highest BCUT2D eigenvalue weighted by Gasteiger charge is 2.27. The van der Waals surface area contributed by atoms with Gasteiger partial charge in [-0.2, -0.15) is 0 Å². The number of thiophene rings is 1. The third-order valence-electron chi connectivity index (χ3n) is 4.55. The summed E-state index contributed by atoms with van der Waals surface area (Å²) in [4.78, 5) is 21.0. The highest BCUT2D eigenvalue weighted by Crippen LogP contribution is 2.21. The van der Waals surface area contributed by atoms with Gasteiger partial charge in [-0.1, -0.05) is 53.7 Å². The molecule has 0 N–H and O–H groups in total. The minimum atomic E-state index is -0.303. The molecule has 0 fully saturated rings. The van der Waals surface area contributed by atoms with Gasteiger partial charge in [0.05, 0.1) is 17.1 Å². The van der Waals surface area contributed by atoms with Crippen LogP contribution in [-0.2, 0) is 11.4 Å². The molecule has 0 unspecified atom stereocenters. The van der Waals surface area contributed by atoms with E-state index in [9.17, 15) is 9.18 Å². The molecule has 6 heteroatoms. The first-order chi connectivity index (χ1) is 13.7. The molecule has 1 aliphatic heterocycles. The first-order valence-corrected chi connectivity index (χ1v) is 9.92. The fourth-order valence-corrected chi connectivity index (χ4v) is 3.88. The monoisotopic (exact) mass is 394 g/mol. The number of nitrogens with zero attached hydrogens (tertiary/aromatic N) is 2. The molecule has 1 aromatic heterocycles. The highest BCUT2D eigenvalue weighted by atomic mass is 32.1. The highest BCUT2D eigenvalue weighted by molar-refractivity contribution is 7.12. The van der Waals surface area contributed by atoms with Crippen molar-refractivity contribution in [3.05, 3.63) is 93.9 Å². The molecule has 0 radical (unpaired) electrons. The lowest BCUT2D eigenvalue weighted by atomic mass is 10.0. The largest absolute Gasteiger partial charge is 0.390 e. The molecule has 0 aliphatic carbocycles. The Balaban J connectivity index is 1.48.